The predicted octanol–water partition coefficient (Wildman–Crippen LogP) is 1.49. The van der Waals surface area contributed by atoms with E-state index in [1.807, 2.05) is 6.20 Å². The number of hydrogen-bond donors (Lipinski definition) is 1. The number of amides is 1. The highest BCUT2D eigenvalue weighted by Gasteiger charge is 2.38. The molecule has 110 valence electrons. The lowest BCUT2D eigenvalue weighted by Gasteiger charge is -2.22. The molecule has 0 radical (unpaired) electrons. The lowest BCUT2D eigenvalue weighted by molar-refractivity contribution is -0.127. The molecule has 0 bridgehead atoms. The zero-order valence-corrected chi connectivity index (χ0v) is 11.7. The highest BCUT2D eigenvalue weighted by molar-refractivity contribution is 5.79. The first-order valence-electron chi connectivity index (χ1n) is 6.86. The van der Waals surface area contributed by atoms with Crippen LogP contribution < -0.4 is 5.73 Å². The minimum atomic E-state index is -0.282. The van der Waals surface area contributed by atoms with Crippen molar-refractivity contribution in [3.63, 3.8) is 0 Å². The first-order chi connectivity index (χ1) is 10.1. The third-order valence-electron chi connectivity index (χ3n) is 4.03. The van der Waals surface area contributed by atoms with Crippen LogP contribution in [0.5, 0.6) is 0 Å². The zero-order valence-electron chi connectivity index (χ0n) is 11.7. The summed E-state index contributed by atoms with van der Waals surface area (Å²) in [7, 11) is 1.79. The van der Waals surface area contributed by atoms with Crippen molar-refractivity contribution in [2.45, 2.75) is 12.5 Å². The normalized spacial score (nSPS) is 22.0. The zero-order chi connectivity index (χ0) is 15.0. The van der Waals surface area contributed by atoms with Gasteiger partial charge in [-0.2, -0.15) is 5.10 Å². The van der Waals surface area contributed by atoms with E-state index in [1.165, 1.54) is 12.1 Å². The maximum absolute atomic E-state index is 13.0. The van der Waals surface area contributed by atoms with Crippen LogP contribution in [0.15, 0.2) is 36.7 Å². The average Bonchev–Trinajstić information content (AvgIpc) is 3.05. The van der Waals surface area contributed by atoms with Gasteiger partial charge in [0.2, 0.25) is 5.91 Å². The van der Waals surface area contributed by atoms with E-state index in [2.05, 4.69) is 5.10 Å². The van der Waals surface area contributed by atoms with Gasteiger partial charge in [-0.25, -0.2) is 9.07 Å². The van der Waals surface area contributed by atoms with Crippen LogP contribution in [0.25, 0.3) is 5.69 Å². The Hall–Kier alpha value is -2.21. The Morgan fingerprint density at radius 3 is 2.76 bits per heavy atom. The van der Waals surface area contributed by atoms with E-state index in [0.29, 0.717) is 13.0 Å². The predicted molar refractivity (Wildman–Crippen MR) is 76.2 cm³/mol. The molecule has 0 aliphatic carbocycles. The SMILES string of the molecule is CN1C(=O)C[C@H](CN)[C@H]1c1cnn(-c2ccc(F)cc2)c1. The summed E-state index contributed by atoms with van der Waals surface area (Å²) in [6.45, 7) is 0.461. The van der Waals surface area contributed by atoms with Gasteiger partial charge in [-0.15, -0.1) is 0 Å². The average molecular weight is 288 g/mol. The number of benzene rings is 1. The molecule has 1 aromatic carbocycles. The smallest absolute Gasteiger partial charge is 0.223 e. The molecule has 1 amide bonds. The molecule has 2 aromatic rings. The van der Waals surface area contributed by atoms with Crippen LogP contribution in [0.4, 0.5) is 4.39 Å². The van der Waals surface area contributed by atoms with Crippen molar-refractivity contribution in [3.8, 4) is 5.69 Å². The van der Waals surface area contributed by atoms with E-state index in [1.54, 1.807) is 35.0 Å². The fourth-order valence-electron chi connectivity index (χ4n) is 2.88. The van der Waals surface area contributed by atoms with Gasteiger partial charge in [-0.1, -0.05) is 0 Å². The number of nitrogens with zero attached hydrogens (tertiary/aromatic N) is 3. The highest BCUT2D eigenvalue weighted by Crippen LogP contribution is 2.36. The standard InChI is InChI=1S/C15H17FN4O/c1-19-14(21)6-10(7-17)15(19)11-8-18-20(9-11)13-4-2-12(16)3-5-13/h2-5,8-10,15H,6-7,17H2,1H3/t10-,15+/m1/s1. The molecule has 0 saturated carbocycles. The first kappa shape index (κ1) is 13.8. The Morgan fingerprint density at radius 2 is 2.10 bits per heavy atom. The number of likely N-dealkylation sites (tertiary alicyclic amines) is 1. The van der Waals surface area contributed by atoms with Crippen molar-refractivity contribution in [1.82, 2.24) is 14.7 Å². The Kier molecular flexibility index (Phi) is 3.47. The second-order valence-corrected chi connectivity index (χ2v) is 5.34. The largest absolute Gasteiger partial charge is 0.338 e. The van der Waals surface area contributed by atoms with Gasteiger partial charge in [0.25, 0.3) is 0 Å². The maximum Gasteiger partial charge on any atom is 0.223 e. The monoisotopic (exact) mass is 288 g/mol. The fourth-order valence-corrected chi connectivity index (χ4v) is 2.88. The minimum absolute atomic E-state index is 0.0447. The summed E-state index contributed by atoms with van der Waals surface area (Å²) in [6.07, 6.45) is 4.08. The van der Waals surface area contributed by atoms with Crippen LogP contribution in [-0.2, 0) is 4.79 Å². The molecule has 0 unspecified atom stereocenters. The summed E-state index contributed by atoms with van der Waals surface area (Å²) in [6, 6.07) is 6.07. The molecule has 21 heavy (non-hydrogen) atoms. The molecule has 2 heterocycles. The molecule has 1 aromatic heterocycles. The summed E-state index contributed by atoms with van der Waals surface area (Å²) < 4.78 is 14.6. The lowest BCUT2D eigenvalue weighted by Crippen LogP contribution is -2.26. The van der Waals surface area contributed by atoms with Crippen LogP contribution >= 0.6 is 0 Å². The van der Waals surface area contributed by atoms with E-state index in [9.17, 15) is 9.18 Å². The number of aromatic nitrogens is 2. The van der Waals surface area contributed by atoms with E-state index in [0.717, 1.165) is 11.3 Å². The topological polar surface area (TPSA) is 64.2 Å². The molecule has 2 N–H and O–H groups in total. The summed E-state index contributed by atoms with van der Waals surface area (Å²) in [5.74, 6) is -0.0752. The molecule has 0 spiro atoms. The van der Waals surface area contributed by atoms with Gasteiger partial charge in [0, 0.05) is 31.1 Å². The number of carbonyl (C=O) groups is 1. The summed E-state index contributed by atoms with van der Waals surface area (Å²) >= 11 is 0. The van der Waals surface area contributed by atoms with Crippen molar-refractivity contribution in [2.75, 3.05) is 13.6 Å². The maximum atomic E-state index is 13.0. The molecule has 1 aliphatic rings. The molecule has 6 heteroatoms. The van der Waals surface area contributed by atoms with E-state index < -0.39 is 0 Å². The van der Waals surface area contributed by atoms with E-state index >= 15 is 0 Å². The number of rotatable bonds is 3. The molecule has 5 nitrogen and oxygen atoms in total. The summed E-state index contributed by atoms with van der Waals surface area (Å²) in [5, 5.41) is 4.30. The van der Waals surface area contributed by atoms with Crippen LogP contribution in [0.3, 0.4) is 0 Å². The molecule has 1 fully saturated rings. The molecular formula is C15H17FN4O. The van der Waals surface area contributed by atoms with Crippen LogP contribution in [-0.4, -0.2) is 34.2 Å². The van der Waals surface area contributed by atoms with Gasteiger partial charge in [0.15, 0.2) is 0 Å². The Labute approximate surface area is 122 Å². The minimum Gasteiger partial charge on any atom is -0.338 e. The molecule has 1 aliphatic heterocycles. The van der Waals surface area contributed by atoms with Gasteiger partial charge in [0.1, 0.15) is 5.82 Å². The van der Waals surface area contributed by atoms with Gasteiger partial charge in [-0.05, 0) is 30.8 Å². The van der Waals surface area contributed by atoms with Gasteiger partial charge < -0.3 is 10.6 Å². The number of carbonyl (C=O) groups excluding carboxylic acids is 1. The Bertz CT molecular complexity index is 652. The number of nitrogens with two attached hydrogens (primary N) is 1. The van der Waals surface area contributed by atoms with Crippen molar-refractivity contribution < 1.29 is 9.18 Å². The molecular weight excluding hydrogens is 271 g/mol. The molecule has 2 atom stereocenters. The van der Waals surface area contributed by atoms with Crippen LogP contribution in [0.2, 0.25) is 0 Å². The van der Waals surface area contributed by atoms with Crippen LogP contribution in [0, 0.1) is 11.7 Å². The van der Waals surface area contributed by atoms with Crippen molar-refractivity contribution in [3.05, 3.63) is 48.0 Å². The van der Waals surface area contributed by atoms with Crippen molar-refractivity contribution in [1.29, 1.82) is 0 Å². The van der Waals surface area contributed by atoms with Gasteiger partial charge in [-0.3, -0.25) is 4.79 Å². The van der Waals surface area contributed by atoms with E-state index in [-0.39, 0.29) is 23.7 Å². The lowest BCUT2D eigenvalue weighted by atomic mass is 9.96. The Balaban J connectivity index is 1.91. The quantitative estimate of drug-likeness (QED) is 0.930. The second kappa shape index (κ2) is 5.29. The summed E-state index contributed by atoms with van der Waals surface area (Å²) in [4.78, 5) is 13.6. The van der Waals surface area contributed by atoms with Crippen molar-refractivity contribution >= 4 is 5.91 Å². The first-order valence-corrected chi connectivity index (χ1v) is 6.86. The van der Waals surface area contributed by atoms with Crippen LogP contribution in [0.1, 0.15) is 18.0 Å². The van der Waals surface area contributed by atoms with E-state index in [4.69, 9.17) is 5.73 Å². The molecule has 1 saturated heterocycles. The summed E-state index contributed by atoms with van der Waals surface area (Å²) in [5.41, 5.74) is 7.50. The number of halogens is 1. The van der Waals surface area contributed by atoms with Gasteiger partial charge in [0.05, 0.1) is 17.9 Å². The Morgan fingerprint density at radius 1 is 1.38 bits per heavy atom. The third-order valence-corrected chi connectivity index (χ3v) is 4.03. The number of hydrogen-bond acceptors (Lipinski definition) is 3. The van der Waals surface area contributed by atoms with Gasteiger partial charge >= 0.3 is 0 Å². The fraction of sp³-hybridized carbons (Fsp3) is 0.333. The third kappa shape index (κ3) is 2.42. The highest BCUT2D eigenvalue weighted by atomic mass is 19.1. The second-order valence-electron chi connectivity index (χ2n) is 5.34. The molecule has 3 rings (SSSR count). The van der Waals surface area contributed by atoms with Crippen molar-refractivity contribution in [2.24, 2.45) is 11.7 Å².